The van der Waals surface area contributed by atoms with Crippen molar-refractivity contribution in [2.75, 3.05) is 0 Å². The Morgan fingerprint density at radius 3 is 1.98 bits per heavy atom. The van der Waals surface area contributed by atoms with Crippen LogP contribution in [0.2, 0.25) is 0 Å². The molecule has 0 aliphatic heterocycles. The molecule has 5 aromatic rings. The van der Waals surface area contributed by atoms with E-state index in [2.05, 4.69) is 94.0 Å². The van der Waals surface area contributed by atoms with Crippen molar-refractivity contribution in [2.24, 2.45) is 4.99 Å². The van der Waals surface area contributed by atoms with Gasteiger partial charge in [0.25, 0.3) is 0 Å². The minimum Gasteiger partial charge on any atom is -0.506 e. The van der Waals surface area contributed by atoms with Crippen LogP contribution in [0, 0.1) is 6.92 Å². The van der Waals surface area contributed by atoms with Gasteiger partial charge in [-0.3, -0.25) is 9.98 Å². The summed E-state index contributed by atoms with van der Waals surface area (Å²) in [5.41, 5.74) is 9.94. The Hall–Kier alpha value is -4.31. The van der Waals surface area contributed by atoms with Crippen LogP contribution in [-0.2, 0) is 6.42 Å². The summed E-state index contributed by atoms with van der Waals surface area (Å²) in [6.45, 7) is 21.1. The molecular weight excluding hydrogens is 538 g/mol. The molecule has 4 heteroatoms. The number of nitrogens with zero attached hydrogens (tertiary/aromatic N) is 3. The summed E-state index contributed by atoms with van der Waals surface area (Å²) in [4.78, 5) is 13.7. The summed E-state index contributed by atoms with van der Waals surface area (Å²) in [5.74, 6) is 0.997. The lowest BCUT2D eigenvalue weighted by atomic mass is 9.93. The number of para-hydroxylation sites is 2. The molecule has 4 nitrogen and oxygen atoms in total. The Bertz CT molecular complexity index is 1580. The van der Waals surface area contributed by atoms with Gasteiger partial charge in [0, 0.05) is 17.1 Å². The van der Waals surface area contributed by atoms with Gasteiger partial charge < -0.3 is 5.11 Å². The standard InChI is InChI=1S/C22H24N2O.C14H15N.2C2H6/c1-14(2)18-8-6-9-19(15(3)4)22(18)23-13-17-12-11-16-7-5-10-20(25)21(16)24-17;1-3-12-11(2)7-6-8-13(12)14-9-4-5-10-15-14;2*1-2/h5-15,25H,1-4H3;4-10H,3H2,1-2H3;2*1-2H3. The third kappa shape index (κ3) is 9.34. The molecule has 1 N–H and O–H groups in total. The van der Waals surface area contributed by atoms with Crippen LogP contribution < -0.4 is 0 Å². The lowest BCUT2D eigenvalue weighted by Gasteiger charge is -2.16. The number of rotatable bonds is 6. The van der Waals surface area contributed by atoms with Gasteiger partial charge in [-0.05, 0) is 71.7 Å². The van der Waals surface area contributed by atoms with Crippen molar-refractivity contribution in [1.82, 2.24) is 9.97 Å². The third-order valence-corrected chi connectivity index (χ3v) is 7.09. The second kappa shape index (κ2) is 18.4. The monoisotopic (exact) mass is 589 g/mol. The average molecular weight is 590 g/mol. The normalized spacial score (nSPS) is 10.5. The van der Waals surface area contributed by atoms with Crippen molar-refractivity contribution in [1.29, 1.82) is 0 Å². The number of phenolic OH excluding ortho intramolecular Hbond substituents is 1. The lowest BCUT2D eigenvalue weighted by molar-refractivity contribution is 0.480. The molecule has 0 radical (unpaired) electrons. The van der Waals surface area contributed by atoms with Crippen LogP contribution >= 0.6 is 0 Å². The van der Waals surface area contributed by atoms with E-state index in [0.29, 0.717) is 17.4 Å². The predicted octanol–water partition coefficient (Wildman–Crippen LogP) is 11.6. The fourth-order valence-electron chi connectivity index (χ4n) is 4.94. The van der Waals surface area contributed by atoms with E-state index in [0.717, 1.165) is 28.9 Å². The molecule has 44 heavy (non-hydrogen) atoms. The summed E-state index contributed by atoms with van der Waals surface area (Å²) >= 11 is 0. The number of aryl methyl sites for hydroxylation is 1. The smallest absolute Gasteiger partial charge is 0.141 e. The van der Waals surface area contributed by atoms with Gasteiger partial charge in [0.2, 0.25) is 0 Å². The van der Waals surface area contributed by atoms with E-state index in [1.165, 1.54) is 27.8 Å². The minimum atomic E-state index is 0.193. The highest BCUT2D eigenvalue weighted by Gasteiger charge is 2.13. The van der Waals surface area contributed by atoms with Gasteiger partial charge in [-0.2, -0.15) is 0 Å². The maximum absolute atomic E-state index is 10.0. The second-order valence-electron chi connectivity index (χ2n) is 10.6. The van der Waals surface area contributed by atoms with Crippen molar-refractivity contribution >= 4 is 22.8 Å². The maximum Gasteiger partial charge on any atom is 0.141 e. The molecule has 3 aromatic carbocycles. The van der Waals surface area contributed by atoms with Gasteiger partial charge in [-0.15, -0.1) is 0 Å². The Labute approximate surface area is 266 Å². The molecule has 232 valence electrons. The highest BCUT2D eigenvalue weighted by Crippen LogP contribution is 2.34. The molecule has 0 unspecified atom stereocenters. The first-order chi connectivity index (χ1) is 21.3. The fraction of sp³-hybridized carbons (Fsp3) is 0.325. The molecule has 0 aliphatic rings. The third-order valence-electron chi connectivity index (χ3n) is 7.09. The molecule has 0 amide bonds. The highest BCUT2D eigenvalue weighted by atomic mass is 16.3. The number of benzene rings is 3. The topological polar surface area (TPSA) is 58.4 Å². The van der Waals surface area contributed by atoms with E-state index < -0.39 is 0 Å². The van der Waals surface area contributed by atoms with Crippen molar-refractivity contribution in [3.8, 4) is 17.0 Å². The largest absolute Gasteiger partial charge is 0.506 e. The molecule has 0 fully saturated rings. The van der Waals surface area contributed by atoms with Crippen LogP contribution in [0.25, 0.3) is 22.2 Å². The van der Waals surface area contributed by atoms with Crippen LogP contribution in [0.4, 0.5) is 5.69 Å². The molecule has 2 aromatic heterocycles. The fourth-order valence-corrected chi connectivity index (χ4v) is 4.94. The number of pyridine rings is 2. The van der Waals surface area contributed by atoms with Crippen molar-refractivity contribution in [3.05, 3.63) is 119 Å². The van der Waals surface area contributed by atoms with Crippen molar-refractivity contribution in [3.63, 3.8) is 0 Å². The summed E-state index contributed by atoms with van der Waals surface area (Å²) in [6, 6.07) is 28.1. The zero-order valence-corrected chi connectivity index (χ0v) is 28.4. The lowest BCUT2D eigenvalue weighted by Crippen LogP contribution is -1.96. The van der Waals surface area contributed by atoms with Gasteiger partial charge in [0.1, 0.15) is 11.3 Å². The summed E-state index contributed by atoms with van der Waals surface area (Å²) < 4.78 is 0. The first kappa shape index (κ1) is 35.9. The highest BCUT2D eigenvalue weighted by molar-refractivity contribution is 5.89. The van der Waals surface area contributed by atoms with Gasteiger partial charge in [-0.1, -0.05) is 123 Å². The number of fused-ring (bicyclic) bond motifs is 1. The zero-order valence-electron chi connectivity index (χ0n) is 28.4. The van der Waals surface area contributed by atoms with Gasteiger partial charge in [0.05, 0.1) is 23.3 Å². The SMILES string of the molecule is CC.CC.CC(C)c1cccc(C(C)C)c1N=Cc1ccc2cccc(O)c2n1.CCc1c(C)cccc1-c1ccccn1. The van der Waals surface area contributed by atoms with Crippen LogP contribution in [0.3, 0.4) is 0 Å². The van der Waals surface area contributed by atoms with E-state index in [1.54, 1.807) is 12.3 Å². The molecular formula is C40H51N3O. The van der Waals surface area contributed by atoms with E-state index in [9.17, 15) is 5.11 Å². The predicted molar refractivity (Wildman–Crippen MR) is 192 cm³/mol. The molecule has 0 bridgehead atoms. The second-order valence-corrected chi connectivity index (χ2v) is 10.6. The Morgan fingerprint density at radius 2 is 1.39 bits per heavy atom. The van der Waals surface area contributed by atoms with E-state index in [1.807, 2.05) is 70.3 Å². The number of phenols is 1. The number of aromatic hydroxyl groups is 1. The summed E-state index contributed by atoms with van der Waals surface area (Å²) in [7, 11) is 0. The molecule has 0 saturated carbocycles. The quantitative estimate of drug-likeness (QED) is 0.200. The van der Waals surface area contributed by atoms with E-state index in [4.69, 9.17) is 4.99 Å². The number of aromatic nitrogens is 2. The Balaban J connectivity index is 0.000000303. The molecule has 5 rings (SSSR count). The summed E-state index contributed by atoms with van der Waals surface area (Å²) in [5, 5.41) is 10.9. The number of hydrogen-bond donors (Lipinski definition) is 1. The first-order valence-electron chi connectivity index (χ1n) is 16.1. The zero-order chi connectivity index (χ0) is 32.6. The molecule has 2 heterocycles. The maximum atomic E-state index is 10.0. The minimum absolute atomic E-state index is 0.193. The van der Waals surface area contributed by atoms with Gasteiger partial charge >= 0.3 is 0 Å². The number of hydrogen-bond acceptors (Lipinski definition) is 4. The average Bonchev–Trinajstić information content (AvgIpc) is 3.06. The van der Waals surface area contributed by atoms with Crippen LogP contribution in [0.5, 0.6) is 5.75 Å². The first-order valence-corrected chi connectivity index (χ1v) is 16.1. The Kier molecular flexibility index (Phi) is 15.0. The van der Waals surface area contributed by atoms with Crippen LogP contribution in [0.1, 0.15) is 102 Å². The van der Waals surface area contributed by atoms with Crippen molar-refractivity contribution < 1.29 is 5.11 Å². The Morgan fingerprint density at radius 1 is 0.750 bits per heavy atom. The summed E-state index contributed by atoms with van der Waals surface area (Å²) in [6.07, 6.45) is 4.69. The van der Waals surface area contributed by atoms with Crippen LogP contribution in [0.15, 0.2) is 96.1 Å². The molecule has 0 spiro atoms. The van der Waals surface area contributed by atoms with Gasteiger partial charge in [0.15, 0.2) is 0 Å². The van der Waals surface area contributed by atoms with Crippen molar-refractivity contribution in [2.45, 2.75) is 87.5 Å². The molecule has 0 atom stereocenters. The molecule has 0 saturated heterocycles. The van der Waals surface area contributed by atoms with E-state index >= 15 is 0 Å². The number of aliphatic imine (C=N–C) groups is 1. The van der Waals surface area contributed by atoms with E-state index in [-0.39, 0.29) is 5.75 Å². The molecule has 0 aliphatic carbocycles. The van der Waals surface area contributed by atoms with Crippen LogP contribution in [-0.4, -0.2) is 21.3 Å². The van der Waals surface area contributed by atoms with Gasteiger partial charge in [-0.25, -0.2) is 4.98 Å².